The quantitative estimate of drug-likeness (QED) is 0.0390. The summed E-state index contributed by atoms with van der Waals surface area (Å²) in [6, 6.07) is 0. The van der Waals surface area contributed by atoms with Gasteiger partial charge in [-0.15, -0.1) is 0 Å². The van der Waals surface area contributed by atoms with Crippen LogP contribution in [0.1, 0.15) is 72.1 Å². The van der Waals surface area contributed by atoms with Crippen LogP contribution in [-0.4, -0.2) is 170 Å². The lowest BCUT2D eigenvalue weighted by Gasteiger charge is -2.24. The molecular weight excluding hydrogens is 812 g/mol. The van der Waals surface area contributed by atoms with Crippen molar-refractivity contribution in [3.05, 3.63) is 32.5 Å². The number of carbonyl (C=O) groups excluding carboxylic acids is 5. The van der Waals surface area contributed by atoms with Gasteiger partial charge in [-0.1, -0.05) is 0 Å². The molecule has 0 radical (unpaired) electrons. The Morgan fingerprint density at radius 1 is 0.869 bits per heavy atom. The number of fused-ring (bicyclic) bond motifs is 1. The number of carbonyl (C=O) groups is 5. The van der Waals surface area contributed by atoms with Gasteiger partial charge in [0.15, 0.2) is 0 Å². The summed E-state index contributed by atoms with van der Waals surface area (Å²) in [7, 11) is 3.53. The van der Waals surface area contributed by atoms with Gasteiger partial charge in [0.25, 0.3) is 0 Å². The van der Waals surface area contributed by atoms with Gasteiger partial charge < -0.3 is 64.3 Å². The average molecular weight is 885 g/mol. The molecule has 0 aliphatic carbocycles. The van der Waals surface area contributed by atoms with E-state index in [1.165, 1.54) is 46.2 Å². The van der Waals surface area contributed by atoms with Crippen LogP contribution in [0.5, 0.6) is 0 Å². The summed E-state index contributed by atoms with van der Waals surface area (Å²) in [5, 5.41) is 64.1. The number of nitro groups is 2. The number of aldehydes is 2. The van der Waals surface area contributed by atoms with E-state index in [-0.39, 0.29) is 76.0 Å². The van der Waals surface area contributed by atoms with Crippen LogP contribution in [0.3, 0.4) is 0 Å². The Kier molecular flexibility index (Phi) is 38.8. The SMILES string of the molecule is C1CC2CNCC2CCO1.CO.COC(=O)CC(C=O)C(CCO)C[N+](=O)[O-].COC(=O)CC1CN(C(=O)OC(C)(C)C)CC1CCO.O=CCCO.O=[N+]([O-])/C=C/CCO. The summed E-state index contributed by atoms with van der Waals surface area (Å²) in [5.41, 5.74) is -0.538. The van der Waals surface area contributed by atoms with E-state index in [1.807, 2.05) is 20.8 Å². The van der Waals surface area contributed by atoms with Gasteiger partial charge in [0.05, 0.1) is 32.0 Å². The van der Waals surface area contributed by atoms with E-state index < -0.39 is 39.8 Å². The van der Waals surface area contributed by atoms with Gasteiger partial charge in [0.1, 0.15) is 18.2 Å². The van der Waals surface area contributed by atoms with Crippen LogP contribution in [0, 0.1) is 55.7 Å². The van der Waals surface area contributed by atoms with Gasteiger partial charge in [0.2, 0.25) is 12.7 Å². The maximum atomic E-state index is 12.0. The molecule has 3 rings (SSSR count). The molecule has 0 aromatic carbocycles. The van der Waals surface area contributed by atoms with Crippen molar-refractivity contribution in [1.82, 2.24) is 10.2 Å². The number of aliphatic hydroxyl groups excluding tert-OH is 5. The monoisotopic (exact) mass is 884 g/mol. The van der Waals surface area contributed by atoms with E-state index in [9.17, 15) is 44.2 Å². The van der Waals surface area contributed by atoms with E-state index >= 15 is 0 Å². The molecule has 0 aromatic heterocycles. The van der Waals surface area contributed by atoms with Crippen LogP contribution in [-0.2, 0) is 38.1 Å². The van der Waals surface area contributed by atoms with Gasteiger partial charge >= 0.3 is 18.0 Å². The number of likely N-dealkylation sites (tertiary alicyclic amines) is 1. The highest BCUT2D eigenvalue weighted by Gasteiger charge is 2.38. The highest BCUT2D eigenvalue weighted by atomic mass is 16.6. The van der Waals surface area contributed by atoms with Crippen LogP contribution in [0.25, 0.3) is 0 Å². The van der Waals surface area contributed by atoms with E-state index in [4.69, 9.17) is 35.0 Å². The second-order valence-corrected chi connectivity index (χ2v) is 14.8. The van der Waals surface area contributed by atoms with Crippen molar-refractivity contribution in [2.24, 2.45) is 35.5 Å². The Morgan fingerprint density at radius 3 is 1.84 bits per heavy atom. The number of rotatable bonds is 17. The molecular formula is C39H72N4O18. The van der Waals surface area contributed by atoms with Gasteiger partial charge in [-0.25, -0.2) is 4.79 Å². The van der Waals surface area contributed by atoms with E-state index in [2.05, 4.69) is 14.8 Å². The zero-order valence-corrected chi connectivity index (χ0v) is 36.6. The first-order valence-electron chi connectivity index (χ1n) is 20.1. The third kappa shape index (κ3) is 33.2. The summed E-state index contributed by atoms with van der Waals surface area (Å²) >= 11 is 0. The number of nitrogens with one attached hydrogen (secondary N) is 1. The van der Waals surface area contributed by atoms with Crippen LogP contribution in [0.15, 0.2) is 12.3 Å². The number of amides is 1. The summed E-state index contributed by atoms with van der Waals surface area (Å²) in [6.07, 6.45) is 6.85. The molecule has 6 N–H and O–H groups in total. The number of hydrogen-bond donors (Lipinski definition) is 6. The second kappa shape index (κ2) is 38.7. The van der Waals surface area contributed by atoms with E-state index in [0.29, 0.717) is 38.5 Å². The average Bonchev–Trinajstić information content (AvgIpc) is 3.77. The predicted molar refractivity (Wildman–Crippen MR) is 220 cm³/mol. The Hall–Kier alpha value is -4.19. The maximum absolute atomic E-state index is 12.0. The largest absolute Gasteiger partial charge is 0.469 e. The number of ether oxygens (including phenoxy) is 4. The first kappa shape index (κ1) is 61.1. The molecule has 0 saturated carbocycles. The molecule has 3 fully saturated rings. The highest BCUT2D eigenvalue weighted by Crippen LogP contribution is 2.30. The zero-order valence-electron chi connectivity index (χ0n) is 36.6. The molecule has 3 saturated heterocycles. The fourth-order valence-corrected chi connectivity index (χ4v) is 6.16. The van der Waals surface area contributed by atoms with Crippen molar-refractivity contribution in [2.45, 2.75) is 77.7 Å². The molecule has 356 valence electrons. The third-order valence-electron chi connectivity index (χ3n) is 9.19. The lowest BCUT2D eigenvalue weighted by Crippen LogP contribution is -2.35. The molecule has 61 heavy (non-hydrogen) atoms. The molecule has 6 atom stereocenters. The first-order valence-corrected chi connectivity index (χ1v) is 20.1. The van der Waals surface area contributed by atoms with Crippen molar-refractivity contribution in [3.8, 4) is 0 Å². The smallest absolute Gasteiger partial charge is 0.410 e. The third-order valence-corrected chi connectivity index (χ3v) is 9.19. The first-order chi connectivity index (χ1) is 29.0. The van der Waals surface area contributed by atoms with Gasteiger partial charge in [-0.05, 0) is 95.7 Å². The molecule has 0 bridgehead atoms. The fourth-order valence-electron chi connectivity index (χ4n) is 6.16. The number of nitrogens with zero attached hydrogens (tertiary/aromatic N) is 3. The van der Waals surface area contributed by atoms with Gasteiger partial charge in [-0.2, -0.15) is 0 Å². The summed E-state index contributed by atoms with van der Waals surface area (Å²) < 4.78 is 19.8. The molecule has 6 unspecified atom stereocenters. The molecule has 22 heteroatoms. The van der Waals surface area contributed by atoms with Gasteiger partial charge in [-0.3, -0.25) is 29.8 Å². The van der Waals surface area contributed by atoms with E-state index in [1.54, 1.807) is 4.90 Å². The Bertz CT molecular complexity index is 1220. The molecule has 3 aliphatic heterocycles. The topological polar surface area (TPSA) is 325 Å². The maximum Gasteiger partial charge on any atom is 0.410 e. The Labute approximate surface area is 358 Å². The second-order valence-electron chi connectivity index (χ2n) is 14.8. The molecule has 3 heterocycles. The Morgan fingerprint density at radius 2 is 1.43 bits per heavy atom. The zero-order chi connectivity index (χ0) is 47.2. The summed E-state index contributed by atoms with van der Waals surface area (Å²) in [5.74, 6) is -0.354. The molecule has 22 nitrogen and oxygen atoms in total. The minimum atomic E-state index is -0.787. The van der Waals surface area contributed by atoms with Gasteiger partial charge in [0, 0.05) is 83.0 Å². The van der Waals surface area contributed by atoms with Crippen molar-refractivity contribution >= 4 is 30.6 Å². The molecule has 3 aliphatic rings. The standard InChI is InChI=1S/C14H25NO5.C9H15NO6.C8H15NO.C4H7NO3.C3H6O2.CH4O/c1-14(2,3)20-13(18)15-8-10(5-6-16)11(9-15)7-12(17)19-4;1-16-9(13)4-8(6-12)7(2-3-11)5-10(14)15;1-3-10-4-2-8-6-9-5-7(1)8;6-4-2-1-3-5(7)8;4-2-1-3-5;1-2/h10-11,16H,5-9H2,1-4H3;6-8,11H,2-5H2,1H3;7-9H,1-6H2;1,3,6H,2,4H2;2,5H,1,3H2;2H,1H3/b;;;3-1+;;. The van der Waals surface area contributed by atoms with E-state index in [0.717, 1.165) is 38.4 Å². The molecule has 1 amide bonds. The lowest BCUT2D eigenvalue weighted by molar-refractivity contribution is -0.489. The number of esters is 2. The number of aliphatic hydroxyl groups is 5. The van der Waals surface area contributed by atoms with Crippen LogP contribution in [0.4, 0.5) is 4.79 Å². The fraction of sp³-hybridized carbons (Fsp3) is 0.821. The Balaban J connectivity index is -0.000000729. The van der Waals surface area contributed by atoms with Crippen molar-refractivity contribution in [2.75, 3.05) is 93.7 Å². The van der Waals surface area contributed by atoms with Crippen molar-refractivity contribution < 1.29 is 78.3 Å². The normalized spacial score (nSPS) is 19.8. The predicted octanol–water partition coefficient (Wildman–Crippen LogP) is 1.02. The highest BCUT2D eigenvalue weighted by molar-refractivity contribution is 5.73. The van der Waals surface area contributed by atoms with Crippen LogP contribution in [0.2, 0.25) is 0 Å². The lowest BCUT2D eigenvalue weighted by atomic mass is 9.88. The summed E-state index contributed by atoms with van der Waals surface area (Å²) in [6.45, 7) is 10.2. The summed E-state index contributed by atoms with van der Waals surface area (Å²) in [4.78, 5) is 74.7. The number of hydrogen-bond acceptors (Lipinski definition) is 19. The number of methoxy groups -OCH3 is 2. The van der Waals surface area contributed by atoms with Crippen LogP contribution < -0.4 is 5.32 Å². The minimum Gasteiger partial charge on any atom is -0.469 e. The molecule has 0 spiro atoms. The van der Waals surface area contributed by atoms with Crippen molar-refractivity contribution in [3.63, 3.8) is 0 Å². The molecule has 0 aromatic rings. The minimum absolute atomic E-state index is 0.0159. The van der Waals surface area contributed by atoms with Crippen molar-refractivity contribution in [1.29, 1.82) is 0 Å². The van der Waals surface area contributed by atoms with Crippen LogP contribution >= 0.6 is 0 Å².